The molecule has 1 heterocycles. The molecule has 2 aliphatic rings. The number of nitrogens with zero attached hydrogens (tertiary/aromatic N) is 1. The number of carboxylic acids is 1. The second kappa shape index (κ2) is 6.41. The van der Waals surface area contributed by atoms with Gasteiger partial charge in [-0.2, -0.15) is 4.31 Å². The second-order valence-corrected chi connectivity index (χ2v) is 7.84. The maximum absolute atomic E-state index is 12.8. The van der Waals surface area contributed by atoms with Crippen LogP contribution in [0.25, 0.3) is 0 Å². The number of rotatable bonds is 5. The fourth-order valence-corrected chi connectivity index (χ4v) is 5.98. The van der Waals surface area contributed by atoms with Gasteiger partial charge in [-0.1, -0.05) is 12.8 Å². The summed E-state index contributed by atoms with van der Waals surface area (Å²) >= 11 is 0. The zero-order chi connectivity index (χ0) is 14.8. The lowest BCUT2D eigenvalue weighted by molar-refractivity contribution is -0.141. The molecule has 1 aliphatic carbocycles. The minimum atomic E-state index is -3.59. The van der Waals surface area contributed by atoms with Crippen molar-refractivity contribution >= 4 is 16.0 Å². The molecule has 1 saturated carbocycles. The molecule has 2 rings (SSSR count). The standard InChI is InChI=1S/C13H23NO5S/c15-9-7-10-4-1-2-8-14(10)20(18,19)12-6-3-5-11(12)13(16)17/h10-12,15H,1-9H2,(H,16,17). The van der Waals surface area contributed by atoms with Gasteiger partial charge in [-0.05, 0) is 32.1 Å². The first-order chi connectivity index (χ1) is 9.48. The van der Waals surface area contributed by atoms with Gasteiger partial charge in [-0.3, -0.25) is 4.79 Å². The SMILES string of the molecule is O=C(O)C1CCCC1S(=O)(=O)N1CCCCC1CCO. The number of aliphatic hydroxyl groups excluding tert-OH is 1. The van der Waals surface area contributed by atoms with Gasteiger partial charge in [0.2, 0.25) is 10.0 Å². The van der Waals surface area contributed by atoms with Crippen molar-refractivity contribution in [1.29, 1.82) is 0 Å². The first-order valence-electron chi connectivity index (χ1n) is 7.32. The lowest BCUT2D eigenvalue weighted by Gasteiger charge is -2.37. The van der Waals surface area contributed by atoms with Gasteiger partial charge in [0.25, 0.3) is 0 Å². The highest BCUT2D eigenvalue weighted by Gasteiger charge is 2.46. The zero-order valence-electron chi connectivity index (χ0n) is 11.6. The largest absolute Gasteiger partial charge is 0.481 e. The molecule has 7 heteroatoms. The summed E-state index contributed by atoms with van der Waals surface area (Å²) in [6, 6.07) is -0.172. The van der Waals surface area contributed by atoms with Crippen molar-refractivity contribution in [3.8, 4) is 0 Å². The molecular formula is C13H23NO5S. The zero-order valence-corrected chi connectivity index (χ0v) is 12.4. The summed E-state index contributed by atoms with van der Waals surface area (Å²) in [6.45, 7) is 0.416. The highest BCUT2D eigenvalue weighted by atomic mass is 32.2. The Morgan fingerprint density at radius 2 is 1.90 bits per heavy atom. The molecule has 0 radical (unpaired) electrons. The van der Waals surface area contributed by atoms with Crippen LogP contribution in [0.5, 0.6) is 0 Å². The van der Waals surface area contributed by atoms with Crippen molar-refractivity contribution in [1.82, 2.24) is 4.31 Å². The number of sulfonamides is 1. The number of aliphatic hydroxyl groups is 1. The van der Waals surface area contributed by atoms with Crippen molar-refractivity contribution in [3.63, 3.8) is 0 Å². The first-order valence-corrected chi connectivity index (χ1v) is 8.83. The van der Waals surface area contributed by atoms with E-state index in [4.69, 9.17) is 5.11 Å². The summed E-state index contributed by atoms with van der Waals surface area (Å²) in [5, 5.41) is 17.5. The van der Waals surface area contributed by atoms with Crippen molar-refractivity contribution in [3.05, 3.63) is 0 Å². The van der Waals surface area contributed by atoms with Crippen LogP contribution < -0.4 is 0 Å². The molecule has 2 N–H and O–H groups in total. The third kappa shape index (κ3) is 2.99. The second-order valence-electron chi connectivity index (χ2n) is 5.73. The fraction of sp³-hybridized carbons (Fsp3) is 0.923. The Labute approximate surface area is 119 Å². The molecule has 6 nitrogen and oxygen atoms in total. The van der Waals surface area contributed by atoms with Gasteiger partial charge < -0.3 is 10.2 Å². The molecule has 3 atom stereocenters. The van der Waals surface area contributed by atoms with Gasteiger partial charge in [0, 0.05) is 19.2 Å². The summed E-state index contributed by atoms with van der Waals surface area (Å²) in [6.07, 6.45) is 4.49. The number of carbonyl (C=O) groups is 1. The molecule has 0 aromatic carbocycles. The fourth-order valence-electron chi connectivity index (χ4n) is 3.49. The summed E-state index contributed by atoms with van der Waals surface area (Å²) in [5.74, 6) is -1.79. The summed E-state index contributed by atoms with van der Waals surface area (Å²) in [4.78, 5) is 11.2. The molecular weight excluding hydrogens is 282 g/mol. The van der Waals surface area contributed by atoms with Crippen molar-refractivity contribution in [2.75, 3.05) is 13.2 Å². The Balaban J connectivity index is 2.21. The van der Waals surface area contributed by atoms with Gasteiger partial charge in [-0.25, -0.2) is 8.42 Å². The number of piperidine rings is 1. The number of aliphatic carboxylic acids is 1. The Kier molecular flexibility index (Phi) is 5.04. The molecule has 0 bridgehead atoms. The first kappa shape index (κ1) is 15.7. The average molecular weight is 305 g/mol. The number of hydrogen-bond acceptors (Lipinski definition) is 4. The maximum Gasteiger partial charge on any atom is 0.307 e. The molecule has 0 aromatic heterocycles. The van der Waals surface area contributed by atoms with E-state index in [0.29, 0.717) is 32.2 Å². The molecule has 116 valence electrons. The quantitative estimate of drug-likeness (QED) is 0.783. The Bertz CT molecular complexity index is 448. The normalized spacial score (nSPS) is 32.4. The summed E-state index contributed by atoms with van der Waals surface area (Å²) in [5.41, 5.74) is 0. The van der Waals surface area contributed by atoms with Crippen LogP contribution in [0.2, 0.25) is 0 Å². The Morgan fingerprint density at radius 3 is 2.55 bits per heavy atom. The van der Waals surface area contributed by atoms with Crippen molar-refractivity contribution < 1.29 is 23.4 Å². The highest BCUT2D eigenvalue weighted by Crippen LogP contribution is 2.35. The summed E-state index contributed by atoms with van der Waals surface area (Å²) < 4.78 is 27.0. The van der Waals surface area contributed by atoms with Crippen LogP contribution in [-0.2, 0) is 14.8 Å². The van der Waals surface area contributed by atoms with Crippen LogP contribution >= 0.6 is 0 Å². The Morgan fingerprint density at radius 1 is 1.15 bits per heavy atom. The van der Waals surface area contributed by atoms with Crippen LogP contribution in [-0.4, -0.2) is 53.3 Å². The van der Waals surface area contributed by atoms with Crippen molar-refractivity contribution in [2.45, 2.75) is 56.2 Å². The van der Waals surface area contributed by atoms with E-state index >= 15 is 0 Å². The lowest BCUT2D eigenvalue weighted by atomic mass is 10.0. The minimum Gasteiger partial charge on any atom is -0.481 e. The van der Waals surface area contributed by atoms with Crippen LogP contribution in [0.1, 0.15) is 44.9 Å². The Hall–Kier alpha value is -0.660. The van der Waals surface area contributed by atoms with E-state index in [1.165, 1.54) is 4.31 Å². The molecule has 0 amide bonds. The van der Waals surface area contributed by atoms with E-state index in [9.17, 15) is 18.3 Å². The third-order valence-corrected chi connectivity index (χ3v) is 6.98. The summed E-state index contributed by atoms with van der Waals surface area (Å²) in [7, 11) is -3.59. The number of carboxylic acid groups (broad SMARTS) is 1. The molecule has 1 saturated heterocycles. The highest BCUT2D eigenvalue weighted by molar-refractivity contribution is 7.89. The van der Waals surface area contributed by atoms with Crippen molar-refractivity contribution in [2.24, 2.45) is 5.92 Å². The molecule has 1 aliphatic heterocycles. The topological polar surface area (TPSA) is 94.9 Å². The minimum absolute atomic E-state index is 0.0380. The third-order valence-electron chi connectivity index (χ3n) is 4.51. The van der Waals surface area contributed by atoms with Crippen LogP contribution in [0.3, 0.4) is 0 Å². The van der Waals surface area contributed by atoms with E-state index in [1.54, 1.807) is 0 Å². The van der Waals surface area contributed by atoms with Gasteiger partial charge in [-0.15, -0.1) is 0 Å². The van der Waals surface area contributed by atoms with E-state index in [0.717, 1.165) is 19.3 Å². The van der Waals surface area contributed by atoms with Gasteiger partial charge in [0.1, 0.15) is 0 Å². The predicted octanol–water partition coefficient (Wildman–Crippen LogP) is 0.806. The molecule has 0 aromatic rings. The van der Waals surface area contributed by atoms with E-state index in [2.05, 4.69) is 0 Å². The van der Waals surface area contributed by atoms with Gasteiger partial charge in [0.15, 0.2) is 0 Å². The van der Waals surface area contributed by atoms with Gasteiger partial charge >= 0.3 is 5.97 Å². The molecule has 2 fully saturated rings. The van der Waals surface area contributed by atoms with E-state index in [-0.39, 0.29) is 12.6 Å². The van der Waals surface area contributed by atoms with Gasteiger partial charge in [0.05, 0.1) is 11.2 Å². The van der Waals surface area contributed by atoms with Crippen LogP contribution in [0.15, 0.2) is 0 Å². The monoisotopic (exact) mass is 305 g/mol. The molecule has 0 spiro atoms. The maximum atomic E-state index is 12.8. The lowest BCUT2D eigenvalue weighted by Crippen LogP contribution is -2.49. The molecule has 3 unspecified atom stereocenters. The average Bonchev–Trinajstić information content (AvgIpc) is 2.89. The van der Waals surface area contributed by atoms with E-state index in [1.807, 2.05) is 0 Å². The van der Waals surface area contributed by atoms with Crippen LogP contribution in [0.4, 0.5) is 0 Å². The predicted molar refractivity (Wildman–Crippen MR) is 73.7 cm³/mol. The van der Waals surface area contributed by atoms with Crippen LogP contribution in [0, 0.1) is 5.92 Å². The van der Waals surface area contributed by atoms with E-state index < -0.39 is 27.2 Å². The number of hydrogen-bond donors (Lipinski definition) is 2. The smallest absolute Gasteiger partial charge is 0.307 e. The molecule has 20 heavy (non-hydrogen) atoms.